The summed E-state index contributed by atoms with van der Waals surface area (Å²) in [6.07, 6.45) is 3.44. The maximum atomic E-state index is 12.8. The smallest absolute Gasteiger partial charge is 0.237 e. The van der Waals surface area contributed by atoms with Gasteiger partial charge >= 0.3 is 0 Å². The lowest BCUT2D eigenvalue weighted by Crippen LogP contribution is -2.23. The number of ether oxygens (including phenoxy) is 1. The zero-order chi connectivity index (χ0) is 22.4. The summed E-state index contributed by atoms with van der Waals surface area (Å²) in [4.78, 5) is 16.8. The number of pyridine rings is 1. The fourth-order valence-electron chi connectivity index (χ4n) is 2.98. The largest absolute Gasteiger partial charge is 0.383 e. The van der Waals surface area contributed by atoms with Crippen molar-refractivity contribution in [3.05, 3.63) is 54.4 Å². The first-order chi connectivity index (χ1) is 14.8. The van der Waals surface area contributed by atoms with Crippen LogP contribution in [0.1, 0.15) is 33.3 Å². The number of rotatable bonds is 8. The van der Waals surface area contributed by atoms with Gasteiger partial charge in [0.1, 0.15) is 0 Å². The minimum absolute atomic E-state index is 0.0739. The lowest BCUT2D eigenvalue weighted by molar-refractivity contribution is -0.115. The molecule has 3 rings (SSSR count). The Hall–Kier alpha value is -2.71. The summed E-state index contributed by atoms with van der Waals surface area (Å²) < 4.78 is 7.23. The summed E-state index contributed by atoms with van der Waals surface area (Å²) in [5.41, 5.74) is 3.00. The average Bonchev–Trinajstić information content (AvgIpc) is 3.14. The van der Waals surface area contributed by atoms with E-state index < -0.39 is 0 Å². The Bertz CT molecular complexity index is 997. The van der Waals surface area contributed by atoms with E-state index in [1.54, 1.807) is 19.5 Å². The fraction of sp³-hybridized carbons (Fsp3) is 0.391. The number of anilines is 1. The molecule has 0 fully saturated rings. The van der Waals surface area contributed by atoms with Gasteiger partial charge in [-0.1, -0.05) is 44.7 Å². The number of nitrogens with one attached hydrogen (secondary N) is 1. The molecule has 1 amide bonds. The second-order valence-corrected chi connectivity index (χ2v) is 9.57. The van der Waals surface area contributed by atoms with Gasteiger partial charge in [-0.05, 0) is 42.2 Å². The summed E-state index contributed by atoms with van der Waals surface area (Å²) in [5, 5.41) is 12.0. The number of nitrogens with zero attached hydrogens (tertiary/aromatic N) is 4. The number of benzene rings is 1. The average molecular weight is 440 g/mol. The molecule has 0 bridgehead atoms. The van der Waals surface area contributed by atoms with Crippen molar-refractivity contribution >= 4 is 23.4 Å². The van der Waals surface area contributed by atoms with Crippen LogP contribution in [0.2, 0.25) is 0 Å². The standard InChI is InChI=1S/C23H29N5O2S/c1-16(21(29)25-19-8-6-18(7-9-19)23(2,3)4)31-22-27-26-20(28(22)14-15-30-5)17-10-12-24-13-11-17/h6-13,16H,14-15H2,1-5H3,(H,25,29). The highest BCUT2D eigenvalue weighted by atomic mass is 32.2. The third-order valence-corrected chi connectivity index (χ3v) is 5.92. The second kappa shape index (κ2) is 10.1. The number of aromatic nitrogens is 4. The van der Waals surface area contributed by atoms with E-state index >= 15 is 0 Å². The summed E-state index contributed by atoms with van der Waals surface area (Å²) in [6, 6.07) is 11.8. The number of carbonyl (C=O) groups is 1. The van der Waals surface area contributed by atoms with E-state index in [1.807, 2.05) is 35.8 Å². The van der Waals surface area contributed by atoms with Crippen LogP contribution in [0.25, 0.3) is 11.4 Å². The van der Waals surface area contributed by atoms with Gasteiger partial charge in [-0.3, -0.25) is 14.3 Å². The van der Waals surface area contributed by atoms with Gasteiger partial charge in [-0.15, -0.1) is 10.2 Å². The maximum absolute atomic E-state index is 12.8. The molecule has 1 unspecified atom stereocenters. The monoisotopic (exact) mass is 439 g/mol. The van der Waals surface area contributed by atoms with Crippen molar-refractivity contribution < 1.29 is 9.53 Å². The first-order valence-corrected chi connectivity index (χ1v) is 11.1. The zero-order valence-electron chi connectivity index (χ0n) is 18.6. The molecule has 0 spiro atoms. The van der Waals surface area contributed by atoms with Crippen LogP contribution >= 0.6 is 11.8 Å². The van der Waals surface area contributed by atoms with Gasteiger partial charge < -0.3 is 10.1 Å². The first kappa shape index (κ1) is 23.0. The Morgan fingerprint density at radius 3 is 2.42 bits per heavy atom. The molecule has 164 valence electrons. The molecule has 8 heteroatoms. The highest BCUT2D eigenvalue weighted by Crippen LogP contribution is 2.28. The van der Waals surface area contributed by atoms with Crippen LogP contribution in [0.3, 0.4) is 0 Å². The van der Waals surface area contributed by atoms with Gasteiger partial charge in [-0.2, -0.15) is 0 Å². The molecule has 0 aliphatic rings. The van der Waals surface area contributed by atoms with Crippen LogP contribution in [0.4, 0.5) is 5.69 Å². The molecule has 2 heterocycles. The third-order valence-electron chi connectivity index (χ3n) is 4.84. The van der Waals surface area contributed by atoms with E-state index in [0.29, 0.717) is 18.3 Å². The van der Waals surface area contributed by atoms with Crippen LogP contribution in [-0.4, -0.2) is 44.6 Å². The van der Waals surface area contributed by atoms with E-state index in [-0.39, 0.29) is 16.6 Å². The van der Waals surface area contributed by atoms with Gasteiger partial charge in [0.15, 0.2) is 11.0 Å². The van der Waals surface area contributed by atoms with Gasteiger partial charge in [0, 0.05) is 30.8 Å². The molecule has 0 aliphatic heterocycles. The van der Waals surface area contributed by atoms with Crippen LogP contribution in [0.5, 0.6) is 0 Å². The second-order valence-electron chi connectivity index (χ2n) is 8.26. The van der Waals surface area contributed by atoms with Crippen LogP contribution in [0.15, 0.2) is 53.9 Å². The minimum atomic E-state index is -0.349. The van der Waals surface area contributed by atoms with E-state index in [4.69, 9.17) is 4.74 Å². The van der Waals surface area contributed by atoms with Crippen molar-refractivity contribution in [3.8, 4) is 11.4 Å². The molecule has 31 heavy (non-hydrogen) atoms. The van der Waals surface area contributed by atoms with Gasteiger partial charge in [-0.25, -0.2) is 0 Å². The number of hydrogen-bond donors (Lipinski definition) is 1. The summed E-state index contributed by atoms with van der Waals surface area (Å²) in [5.74, 6) is 0.646. The van der Waals surface area contributed by atoms with Crippen molar-refractivity contribution in [1.29, 1.82) is 0 Å². The molecule has 0 saturated heterocycles. The SMILES string of the molecule is COCCn1c(SC(C)C(=O)Nc2ccc(C(C)(C)C)cc2)nnc1-c1ccncc1. The lowest BCUT2D eigenvalue weighted by atomic mass is 9.87. The Morgan fingerprint density at radius 1 is 1.13 bits per heavy atom. The maximum Gasteiger partial charge on any atom is 0.237 e. The van der Waals surface area contributed by atoms with E-state index in [0.717, 1.165) is 17.1 Å². The van der Waals surface area contributed by atoms with Crippen LogP contribution in [-0.2, 0) is 21.5 Å². The molecule has 0 aliphatic carbocycles. The molecule has 1 atom stereocenters. The van der Waals surface area contributed by atoms with Crippen molar-refractivity contribution in [2.45, 2.75) is 50.1 Å². The molecule has 1 aromatic carbocycles. The number of methoxy groups -OCH3 is 1. The van der Waals surface area contributed by atoms with Crippen molar-refractivity contribution in [2.24, 2.45) is 0 Å². The predicted octanol–water partition coefficient (Wildman–Crippen LogP) is 4.40. The van der Waals surface area contributed by atoms with Crippen molar-refractivity contribution in [1.82, 2.24) is 19.7 Å². The Labute approximate surface area is 187 Å². The molecule has 0 saturated carbocycles. The van der Waals surface area contributed by atoms with Crippen molar-refractivity contribution in [2.75, 3.05) is 19.0 Å². The Balaban J connectivity index is 1.72. The molecule has 2 aromatic heterocycles. The Morgan fingerprint density at radius 2 is 1.81 bits per heavy atom. The highest BCUT2D eigenvalue weighted by Gasteiger charge is 2.21. The quantitative estimate of drug-likeness (QED) is 0.524. The molecular weight excluding hydrogens is 410 g/mol. The first-order valence-electron chi connectivity index (χ1n) is 10.2. The number of thioether (sulfide) groups is 1. The highest BCUT2D eigenvalue weighted by molar-refractivity contribution is 8.00. The number of amides is 1. The van der Waals surface area contributed by atoms with E-state index in [1.165, 1.54) is 17.3 Å². The summed E-state index contributed by atoms with van der Waals surface area (Å²) in [6.45, 7) is 9.47. The van der Waals surface area contributed by atoms with Crippen LogP contribution < -0.4 is 5.32 Å². The predicted molar refractivity (Wildman–Crippen MR) is 124 cm³/mol. The van der Waals surface area contributed by atoms with Gasteiger partial charge in [0.05, 0.1) is 18.4 Å². The molecule has 1 N–H and O–H groups in total. The van der Waals surface area contributed by atoms with E-state index in [2.05, 4.69) is 53.4 Å². The number of carbonyl (C=O) groups excluding carboxylic acids is 1. The Kier molecular flexibility index (Phi) is 7.46. The third kappa shape index (κ3) is 5.92. The molecule has 7 nitrogen and oxygen atoms in total. The number of hydrogen-bond acceptors (Lipinski definition) is 6. The fourth-order valence-corrected chi connectivity index (χ4v) is 3.86. The normalized spacial score (nSPS) is 12.5. The van der Waals surface area contributed by atoms with Gasteiger partial charge in [0.25, 0.3) is 0 Å². The zero-order valence-corrected chi connectivity index (χ0v) is 19.4. The van der Waals surface area contributed by atoms with E-state index in [9.17, 15) is 4.79 Å². The summed E-state index contributed by atoms with van der Waals surface area (Å²) in [7, 11) is 1.66. The molecular formula is C23H29N5O2S. The van der Waals surface area contributed by atoms with Gasteiger partial charge in [0.2, 0.25) is 5.91 Å². The molecule has 3 aromatic rings. The minimum Gasteiger partial charge on any atom is -0.383 e. The van der Waals surface area contributed by atoms with Crippen molar-refractivity contribution in [3.63, 3.8) is 0 Å². The lowest BCUT2D eigenvalue weighted by Gasteiger charge is -2.19. The van der Waals surface area contributed by atoms with Crippen LogP contribution in [0, 0.1) is 0 Å². The molecule has 0 radical (unpaired) electrons. The topological polar surface area (TPSA) is 81.9 Å². The summed E-state index contributed by atoms with van der Waals surface area (Å²) >= 11 is 1.38.